The van der Waals surface area contributed by atoms with E-state index in [1.165, 1.54) is 6.92 Å². The molecule has 1 aliphatic rings. The third kappa shape index (κ3) is 4.33. The van der Waals surface area contributed by atoms with Gasteiger partial charge in [-0.2, -0.15) is 13.2 Å². The fourth-order valence-corrected chi connectivity index (χ4v) is 1.98. The molecule has 2 N–H and O–H groups in total. The number of amides is 2. The SMILES string of the molecule is CCC(C)(NC(=O)C1CC(=O)N(CC(F)(F)F)C1)C(=O)O. The molecule has 120 valence electrons. The molecule has 0 aromatic heterocycles. The van der Waals surface area contributed by atoms with E-state index in [9.17, 15) is 27.6 Å². The van der Waals surface area contributed by atoms with Crippen LogP contribution in [0.4, 0.5) is 13.2 Å². The summed E-state index contributed by atoms with van der Waals surface area (Å²) >= 11 is 0. The van der Waals surface area contributed by atoms with Crippen molar-refractivity contribution in [2.24, 2.45) is 5.92 Å². The van der Waals surface area contributed by atoms with E-state index in [1.54, 1.807) is 6.92 Å². The molecule has 0 radical (unpaired) electrons. The number of hydrogen-bond acceptors (Lipinski definition) is 3. The van der Waals surface area contributed by atoms with Gasteiger partial charge in [-0.3, -0.25) is 9.59 Å². The molecule has 2 atom stereocenters. The van der Waals surface area contributed by atoms with E-state index < -0.39 is 42.0 Å². The smallest absolute Gasteiger partial charge is 0.406 e. The number of carboxylic acid groups (broad SMARTS) is 1. The first-order chi connectivity index (χ1) is 9.48. The normalized spacial score (nSPS) is 22.0. The number of nitrogens with one attached hydrogen (secondary N) is 1. The first-order valence-electron chi connectivity index (χ1n) is 6.38. The lowest BCUT2D eigenvalue weighted by atomic mass is 9.97. The highest BCUT2D eigenvalue weighted by Crippen LogP contribution is 2.24. The molecular weight excluding hydrogens is 293 g/mol. The number of halogens is 3. The predicted octanol–water partition coefficient (Wildman–Crippen LogP) is 0.767. The standard InChI is InChI=1S/C12H17F3N2O4/c1-3-11(2,10(20)21)16-9(19)7-4-8(18)17(5-7)6-12(13,14)15/h7H,3-6H2,1-2H3,(H,16,19)(H,20,21). The van der Waals surface area contributed by atoms with E-state index in [4.69, 9.17) is 5.11 Å². The number of carbonyl (C=O) groups is 3. The summed E-state index contributed by atoms with van der Waals surface area (Å²) in [7, 11) is 0. The fourth-order valence-electron chi connectivity index (χ4n) is 1.98. The van der Waals surface area contributed by atoms with Crippen molar-refractivity contribution >= 4 is 17.8 Å². The minimum absolute atomic E-state index is 0.112. The van der Waals surface area contributed by atoms with Gasteiger partial charge in [0.1, 0.15) is 12.1 Å². The van der Waals surface area contributed by atoms with Gasteiger partial charge in [0.25, 0.3) is 0 Å². The number of aliphatic carboxylic acids is 1. The molecule has 0 spiro atoms. The molecule has 1 heterocycles. The van der Waals surface area contributed by atoms with Crippen LogP contribution in [-0.4, -0.2) is 52.6 Å². The highest BCUT2D eigenvalue weighted by Gasteiger charge is 2.42. The third-order valence-electron chi connectivity index (χ3n) is 3.53. The van der Waals surface area contributed by atoms with E-state index >= 15 is 0 Å². The Morgan fingerprint density at radius 1 is 1.43 bits per heavy atom. The molecule has 0 aliphatic carbocycles. The Hall–Kier alpha value is -1.80. The molecule has 0 saturated carbocycles. The molecule has 6 nitrogen and oxygen atoms in total. The molecule has 2 amide bonds. The second kappa shape index (κ2) is 5.90. The van der Waals surface area contributed by atoms with Crippen LogP contribution in [0.3, 0.4) is 0 Å². The number of hydrogen-bond donors (Lipinski definition) is 2. The summed E-state index contributed by atoms with van der Waals surface area (Å²) in [5, 5.41) is 11.3. The molecule has 21 heavy (non-hydrogen) atoms. The summed E-state index contributed by atoms with van der Waals surface area (Å²) in [6.45, 7) is 1.10. The van der Waals surface area contributed by atoms with Crippen LogP contribution in [0, 0.1) is 5.92 Å². The first-order valence-corrected chi connectivity index (χ1v) is 6.38. The van der Waals surface area contributed by atoms with Gasteiger partial charge in [0.2, 0.25) is 11.8 Å². The Morgan fingerprint density at radius 3 is 2.43 bits per heavy atom. The maximum atomic E-state index is 12.3. The molecule has 1 rings (SSSR count). The minimum Gasteiger partial charge on any atom is -0.480 e. The van der Waals surface area contributed by atoms with Crippen LogP contribution in [0.25, 0.3) is 0 Å². The van der Waals surface area contributed by atoms with Crippen molar-refractivity contribution in [2.45, 2.75) is 38.4 Å². The van der Waals surface area contributed by atoms with E-state index in [2.05, 4.69) is 5.32 Å². The van der Waals surface area contributed by atoms with Crippen LogP contribution in [0.5, 0.6) is 0 Å². The van der Waals surface area contributed by atoms with Crippen molar-refractivity contribution in [3.05, 3.63) is 0 Å². The van der Waals surface area contributed by atoms with Gasteiger partial charge >= 0.3 is 12.1 Å². The maximum Gasteiger partial charge on any atom is 0.406 e. The summed E-state index contributed by atoms with van der Waals surface area (Å²) in [5.74, 6) is -3.69. The number of carbonyl (C=O) groups excluding carboxylic acids is 2. The zero-order valence-corrected chi connectivity index (χ0v) is 11.7. The topological polar surface area (TPSA) is 86.7 Å². The van der Waals surface area contributed by atoms with Gasteiger partial charge in [0, 0.05) is 13.0 Å². The lowest BCUT2D eigenvalue weighted by Crippen LogP contribution is -2.53. The average Bonchev–Trinajstić information content (AvgIpc) is 2.68. The van der Waals surface area contributed by atoms with Gasteiger partial charge in [0.15, 0.2) is 0 Å². The summed E-state index contributed by atoms with van der Waals surface area (Å²) in [6.07, 6.45) is -4.76. The maximum absolute atomic E-state index is 12.3. The second-order valence-corrected chi connectivity index (χ2v) is 5.27. The van der Waals surface area contributed by atoms with Crippen LogP contribution in [0.15, 0.2) is 0 Å². The van der Waals surface area contributed by atoms with Gasteiger partial charge in [-0.15, -0.1) is 0 Å². The summed E-state index contributed by atoms with van der Waals surface area (Å²) in [5.41, 5.74) is -1.50. The van der Waals surface area contributed by atoms with Crippen LogP contribution in [0.2, 0.25) is 0 Å². The van der Waals surface area contributed by atoms with Crippen LogP contribution in [-0.2, 0) is 14.4 Å². The molecule has 2 unspecified atom stereocenters. The fraction of sp³-hybridized carbons (Fsp3) is 0.750. The lowest BCUT2D eigenvalue weighted by molar-refractivity contribution is -0.157. The third-order valence-corrected chi connectivity index (χ3v) is 3.53. The second-order valence-electron chi connectivity index (χ2n) is 5.27. The van der Waals surface area contributed by atoms with Crippen molar-refractivity contribution in [1.82, 2.24) is 10.2 Å². The van der Waals surface area contributed by atoms with E-state index in [1.807, 2.05) is 0 Å². The van der Waals surface area contributed by atoms with E-state index in [-0.39, 0.29) is 19.4 Å². The van der Waals surface area contributed by atoms with Gasteiger partial charge in [-0.25, -0.2) is 4.79 Å². The Bertz CT molecular complexity index is 452. The Balaban J connectivity index is 2.70. The quantitative estimate of drug-likeness (QED) is 0.785. The molecule has 0 aromatic rings. The molecular formula is C12H17F3N2O4. The van der Waals surface area contributed by atoms with Gasteiger partial charge in [-0.05, 0) is 13.3 Å². The summed E-state index contributed by atoms with van der Waals surface area (Å²) < 4.78 is 36.8. The molecule has 9 heteroatoms. The zero-order valence-electron chi connectivity index (χ0n) is 11.7. The van der Waals surface area contributed by atoms with Crippen molar-refractivity contribution in [2.75, 3.05) is 13.1 Å². The van der Waals surface area contributed by atoms with Crippen molar-refractivity contribution in [1.29, 1.82) is 0 Å². The number of alkyl halides is 3. The van der Waals surface area contributed by atoms with Crippen molar-refractivity contribution < 1.29 is 32.7 Å². The van der Waals surface area contributed by atoms with Gasteiger partial charge < -0.3 is 15.3 Å². The lowest BCUT2D eigenvalue weighted by Gasteiger charge is -2.26. The number of nitrogens with zero attached hydrogens (tertiary/aromatic N) is 1. The van der Waals surface area contributed by atoms with E-state index in [0.717, 1.165) is 0 Å². The Kier molecular flexibility index (Phi) is 4.85. The average molecular weight is 310 g/mol. The Labute approximate surface area is 119 Å². The summed E-state index contributed by atoms with van der Waals surface area (Å²) in [6, 6.07) is 0. The highest BCUT2D eigenvalue weighted by molar-refractivity contribution is 5.92. The van der Waals surface area contributed by atoms with Crippen molar-refractivity contribution in [3.8, 4) is 0 Å². The molecule has 1 aliphatic heterocycles. The first kappa shape index (κ1) is 17.3. The van der Waals surface area contributed by atoms with Gasteiger partial charge in [-0.1, -0.05) is 6.92 Å². The van der Waals surface area contributed by atoms with Crippen molar-refractivity contribution in [3.63, 3.8) is 0 Å². The van der Waals surface area contributed by atoms with Crippen LogP contribution in [0.1, 0.15) is 26.7 Å². The van der Waals surface area contributed by atoms with Crippen LogP contribution >= 0.6 is 0 Å². The monoisotopic (exact) mass is 310 g/mol. The molecule has 0 aromatic carbocycles. The molecule has 1 fully saturated rings. The Morgan fingerprint density at radius 2 is 2.00 bits per heavy atom. The highest BCUT2D eigenvalue weighted by atomic mass is 19.4. The molecule has 0 bridgehead atoms. The van der Waals surface area contributed by atoms with Gasteiger partial charge in [0.05, 0.1) is 5.92 Å². The van der Waals surface area contributed by atoms with Crippen LogP contribution < -0.4 is 5.32 Å². The number of carboxylic acids is 1. The number of likely N-dealkylation sites (tertiary alicyclic amines) is 1. The zero-order chi connectivity index (χ0) is 16.4. The van der Waals surface area contributed by atoms with E-state index in [0.29, 0.717) is 4.90 Å². The minimum atomic E-state index is -4.53. The molecule has 1 saturated heterocycles. The summed E-state index contributed by atoms with van der Waals surface area (Å²) in [4.78, 5) is 35.1. The number of rotatable bonds is 5. The predicted molar refractivity (Wildman–Crippen MR) is 65.2 cm³/mol. The largest absolute Gasteiger partial charge is 0.480 e.